The molecule has 1 aromatic heterocycles. The smallest absolute Gasteiger partial charge is 0.191 e. The summed E-state index contributed by atoms with van der Waals surface area (Å²) < 4.78 is 0. The van der Waals surface area contributed by atoms with E-state index in [1.165, 1.54) is 10.4 Å². The van der Waals surface area contributed by atoms with Crippen LogP contribution in [0, 0.1) is 0 Å². The largest absolute Gasteiger partial charge is 0.356 e. The molecule has 1 atom stereocenters. The van der Waals surface area contributed by atoms with Gasteiger partial charge in [0.05, 0.1) is 0 Å². The van der Waals surface area contributed by atoms with Gasteiger partial charge in [0.1, 0.15) is 0 Å². The highest BCUT2D eigenvalue weighted by molar-refractivity contribution is 7.10. The lowest BCUT2D eigenvalue weighted by Gasteiger charge is -2.15. The average Bonchev–Trinajstić information content (AvgIpc) is 3.03. The van der Waals surface area contributed by atoms with Crippen molar-refractivity contribution in [3.05, 3.63) is 57.2 Å². The van der Waals surface area contributed by atoms with E-state index in [1.54, 1.807) is 18.4 Å². The zero-order chi connectivity index (χ0) is 15.1. The van der Waals surface area contributed by atoms with Crippen molar-refractivity contribution in [1.29, 1.82) is 0 Å². The molecule has 1 unspecified atom stereocenters. The second kappa shape index (κ2) is 8.05. The number of benzene rings is 1. The van der Waals surface area contributed by atoms with E-state index in [9.17, 15) is 0 Å². The first-order valence-electron chi connectivity index (χ1n) is 6.91. The summed E-state index contributed by atoms with van der Waals surface area (Å²) in [6.07, 6.45) is 0. The predicted molar refractivity (Wildman–Crippen MR) is 92.4 cm³/mol. The van der Waals surface area contributed by atoms with Crippen LogP contribution in [0.1, 0.15) is 23.3 Å². The van der Waals surface area contributed by atoms with E-state index in [0.29, 0.717) is 5.92 Å². The zero-order valence-corrected chi connectivity index (χ0v) is 13.8. The molecular formula is C16H20ClN3S. The van der Waals surface area contributed by atoms with Crippen molar-refractivity contribution < 1.29 is 0 Å². The first-order valence-corrected chi connectivity index (χ1v) is 8.17. The van der Waals surface area contributed by atoms with Gasteiger partial charge in [-0.15, -0.1) is 11.3 Å². The maximum absolute atomic E-state index is 5.88. The van der Waals surface area contributed by atoms with Gasteiger partial charge in [-0.25, -0.2) is 0 Å². The number of aliphatic imine (C=N–C) groups is 1. The number of halogens is 1. The highest BCUT2D eigenvalue weighted by Gasteiger charge is 2.07. The van der Waals surface area contributed by atoms with Gasteiger partial charge < -0.3 is 10.6 Å². The molecule has 1 aromatic carbocycles. The summed E-state index contributed by atoms with van der Waals surface area (Å²) in [6.45, 7) is 3.80. The number of hydrogen-bond donors (Lipinski definition) is 2. The molecule has 112 valence electrons. The molecule has 2 aromatic rings. The van der Waals surface area contributed by atoms with Crippen LogP contribution >= 0.6 is 22.9 Å². The van der Waals surface area contributed by atoms with Crippen molar-refractivity contribution in [2.75, 3.05) is 13.6 Å². The number of rotatable bonds is 5. The standard InChI is InChI=1S/C16H20ClN3S/c1-12(15-4-3-9-21-15)10-19-16(18-2)20-11-13-5-7-14(17)8-6-13/h3-9,12H,10-11H2,1-2H3,(H2,18,19,20). The molecule has 0 fully saturated rings. The molecule has 0 bridgehead atoms. The number of nitrogens with zero attached hydrogens (tertiary/aromatic N) is 1. The summed E-state index contributed by atoms with van der Waals surface area (Å²) in [6, 6.07) is 12.1. The van der Waals surface area contributed by atoms with Gasteiger partial charge in [0.15, 0.2) is 5.96 Å². The van der Waals surface area contributed by atoms with Gasteiger partial charge >= 0.3 is 0 Å². The number of hydrogen-bond acceptors (Lipinski definition) is 2. The van der Waals surface area contributed by atoms with Gasteiger partial charge in [-0.2, -0.15) is 0 Å². The van der Waals surface area contributed by atoms with Crippen molar-refractivity contribution in [1.82, 2.24) is 10.6 Å². The molecule has 3 nitrogen and oxygen atoms in total. The summed E-state index contributed by atoms with van der Waals surface area (Å²) in [7, 11) is 1.78. The Balaban J connectivity index is 1.79. The maximum Gasteiger partial charge on any atom is 0.191 e. The van der Waals surface area contributed by atoms with Crippen LogP contribution in [0.15, 0.2) is 46.8 Å². The molecule has 0 spiro atoms. The minimum Gasteiger partial charge on any atom is -0.356 e. The first kappa shape index (κ1) is 15.9. The molecule has 2 N–H and O–H groups in total. The number of guanidine groups is 1. The number of nitrogens with one attached hydrogen (secondary N) is 2. The summed E-state index contributed by atoms with van der Waals surface area (Å²) in [5, 5.41) is 9.53. The Bertz CT molecular complexity index is 564. The fourth-order valence-corrected chi connectivity index (χ4v) is 2.84. The van der Waals surface area contributed by atoms with Gasteiger partial charge in [-0.05, 0) is 29.1 Å². The van der Waals surface area contributed by atoms with Gasteiger partial charge in [-0.1, -0.05) is 36.7 Å². The van der Waals surface area contributed by atoms with E-state index >= 15 is 0 Å². The van der Waals surface area contributed by atoms with E-state index in [0.717, 1.165) is 24.1 Å². The van der Waals surface area contributed by atoms with Gasteiger partial charge in [-0.3, -0.25) is 4.99 Å². The monoisotopic (exact) mass is 321 g/mol. The third-order valence-corrected chi connectivity index (χ3v) is 4.56. The Labute approximate surface area is 135 Å². The SMILES string of the molecule is CN=C(NCc1ccc(Cl)cc1)NCC(C)c1cccs1. The van der Waals surface area contributed by atoms with E-state index in [4.69, 9.17) is 11.6 Å². The molecule has 0 saturated heterocycles. The van der Waals surface area contributed by atoms with Crippen LogP contribution in [0.5, 0.6) is 0 Å². The Kier molecular flexibility index (Phi) is 6.08. The van der Waals surface area contributed by atoms with Crippen LogP contribution in [-0.4, -0.2) is 19.6 Å². The second-order valence-electron chi connectivity index (χ2n) is 4.85. The average molecular weight is 322 g/mol. The van der Waals surface area contributed by atoms with Crippen LogP contribution in [0.2, 0.25) is 5.02 Å². The van der Waals surface area contributed by atoms with E-state index < -0.39 is 0 Å². The Morgan fingerprint density at radius 3 is 2.62 bits per heavy atom. The normalized spacial score (nSPS) is 13.0. The van der Waals surface area contributed by atoms with E-state index in [-0.39, 0.29) is 0 Å². The van der Waals surface area contributed by atoms with Crippen LogP contribution in [-0.2, 0) is 6.54 Å². The van der Waals surface area contributed by atoms with Crippen molar-refractivity contribution >= 4 is 28.9 Å². The molecular weight excluding hydrogens is 302 g/mol. The Morgan fingerprint density at radius 1 is 1.24 bits per heavy atom. The third-order valence-electron chi connectivity index (χ3n) is 3.20. The Morgan fingerprint density at radius 2 is 2.00 bits per heavy atom. The summed E-state index contributed by atoms with van der Waals surface area (Å²) in [5.74, 6) is 1.28. The van der Waals surface area contributed by atoms with Crippen LogP contribution < -0.4 is 10.6 Å². The summed E-state index contributed by atoms with van der Waals surface area (Å²) in [4.78, 5) is 5.63. The molecule has 1 heterocycles. The van der Waals surface area contributed by atoms with Crippen LogP contribution in [0.3, 0.4) is 0 Å². The quantitative estimate of drug-likeness (QED) is 0.648. The van der Waals surface area contributed by atoms with Crippen molar-refractivity contribution in [3.63, 3.8) is 0 Å². The highest BCUT2D eigenvalue weighted by atomic mass is 35.5. The first-order chi connectivity index (χ1) is 10.2. The van der Waals surface area contributed by atoms with E-state index in [1.807, 2.05) is 24.3 Å². The molecule has 0 aliphatic rings. The molecule has 0 aliphatic carbocycles. The molecule has 0 aliphatic heterocycles. The van der Waals surface area contributed by atoms with Crippen LogP contribution in [0.4, 0.5) is 0 Å². The summed E-state index contributed by atoms with van der Waals surface area (Å²) in [5.41, 5.74) is 1.17. The minimum absolute atomic E-state index is 0.471. The fraction of sp³-hybridized carbons (Fsp3) is 0.312. The third kappa shape index (κ3) is 5.06. The summed E-state index contributed by atoms with van der Waals surface area (Å²) >= 11 is 7.67. The van der Waals surface area contributed by atoms with Crippen LogP contribution in [0.25, 0.3) is 0 Å². The molecule has 21 heavy (non-hydrogen) atoms. The lowest BCUT2D eigenvalue weighted by Crippen LogP contribution is -2.38. The van der Waals surface area contributed by atoms with Crippen molar-refractivity contribution in [2.24, 2.45) is 4.99 Å². The van der Waals surface area contributed by atoms with Crippen molar-refractivity contribution in [2.45, 2.75) is 19.4 Å². The highest BCUT2D eigenvalue weighted by Crippen LogP contribution is 2.19. The van der Waals surface area contributed by atoms with Crippen molar-refractivity contribution in [3.8, 4) is 0 Å². The fourth-order valence-electron chi connectivity index (χ4n) is 1.93. The predicted octanol–water partition coefficient (Wildman–Crippen LogP) is 3.87. The molecule has 0 amide bonds. The number of thiophene rings is 1. The minimum atomic E-state index is 0.471. The lowest BCUT2D eigenvalue weighted by molar-refractivity contribution is 0.708. The molecule has 5 heteroatoms. The maximum atomic E-state index is 5.88. The Hall–Kier alpha value is -1.52. The van der Waals surface area contributed by atoms with Gasteiger partial charge in [0, 0.05) is 36.0 Å². The second-order valence-corrected chi connectivity index (χ2v) is 6.27. The topological polar surface area (TPSA) is 36.4 Å². The molecule has 2 rings (SSSR count). The zero-order valence-electron chi connectivity index (χ0n) is 12.3. The van der Waals surface area contributed by atoms with E-state index in [2.05, 4.69) is 40.1 Å². The lowest BCUT2D eigenvalue weighted by atomic mass is 10.1. The molecule has 0 radical (unpaired) electrons. The van der Waals surface area contributed by atoms with Gasteiger partial charge in [0.2, 0.25) is 0 Å². The molecule has 0 saturated carbocycles. The van der Waals surface area contributed by atoms with Gasteiger partial charge in [0.25, 0.3) is 0 Å².